The molecule has 0 spiro atoms. The average Bonchev–Trinajstić information content (AvgIpc) is 2.27. The van der Waals surface area contributed by atoms with Gasteiger partial charge >= 0.3 is 0 Å². The van der Waals surface area contributed by atoms with Crippen molar-refractivity contribution in [1.82, 2.24) is 5.32 Å². The van der Waals surface area contributed by atoms with Crippen molar-refractivity contribution in [2.24, 2.45) is 23.7 Å². The molecule has 2 saturated heterocycles. The molecule has 4 rings (SSSR count). The summed E-state index contributed by atoms with van der Waals surface area (Å²) in [5, 5.41) is 4.82. The van der Waals surface area contributed by atoms with E-state index in [1.165, 1.54) is 32.2 Å². The minimum Gasteiger partial charge on any atom is -0.238 e. The van der Waals surface area contributed by atoms with Crippen molar-refractivity contribution in [3.05, 3.63) is 0 Å². The monoisotopic (exact) mass is 164 g/mol. The number of nitrogens with zero attached hydrogens (tertiary/aromatic N) is 1. The molecule has 5 atom stereocenters. The van der Waals surface area contributed by atoms with E-state index in [0.717, 1.165) is 29.7 Å². The van der Waals surface area contributed by atoms with Crippen LogP contribution >= 0.6 is 0 Å². The Labute approximate surface area is 74.9 Å². The van der Waals surface area contributed by atoms with Gasteiger partial charge in [-0.05, 0) is 49.4 Å². The van der Waals surface area contributed by atoms with Gasteiger partial charge in [-0.1, -0.05) is 6.92 Å². The van der Waals surface area contributed by atoms with Gasteiger partial charge < -0.3 is 0 Å². The van der Waals surface area contributed by atoms with Gasteiger partial charge in [0.25, 0.3) is 0 Å². The third-order valence-corrected chi connectivity index (χ3v) is 4.54. The first-order valence-electron chi connectivity index (χ1n) is 5.49. The fraction of sp³-hybridized carbons (Fsp3) is 1.00. The maximum Gasteiger partial charge on any atom is 0.0251 e. The maximum atomic E-state index is 4.82. The zero-order valence-electron chi connectivity index (χ0n) is 7.87. The minimum absolute atomic E-state index is 0.767. The van der Waals surface area contributed by atoms with Crippen LogP contribution in [0.2, 0.25) is 0 Å². The van der Waals surface area contributed by atoms with E-state index >= 15 is 0 Å². The molecule has 0 N–H and O–H groups in total. The highest BCUT2D eigenvalue weighted by molar-refractivity contribution is 4.96. The highest BCUT2D eigenvalue weighted by atomic mass is 14.9. The molecule has 0 aromatic rings. The molecule has 2 aliphatic carbocycles. The quantitative estimate of drug-likeness (QED) is 0.520. The summed E-state index contributed by atoms with van der Waals surface area (Å²) in [6, 6.07) is 0.767. The van der Waals surface area contributed by atoms with E-state index in [-0.39, 0.29) is 0 Å². The van der Waals surface area contributed by atoms with Crippen molar-refractivity contribution in [2.45, 2.75) is 38.6 Å². The lowest BCUT2D eigenvalue weighted by Crippen LogP contribution is -2.35. The Kier molecular flexibility index (Phi) is 1.52. The highest BCUT2D eigenvalue weighted by Gasteiger charge is 2.43. The van der Waals surface area contributed by atoms with Crippen LogP contribution in [0, 0.1) is 23.7 Å². The molecule has 2 saturated carbocycles. The number of rotatable bonds is 0. The lowest BCUT2D eigenvalue weighted by Gasteiger charge is -2.42. The molecule has 0 aromatic carbocycles. The van der Waals surface area contributed by atoms with E-state index in [2.05, 4.69) is 6.92 Å². The standard InChI is InChI=1S/C11H18N/c1-7-9-2-8-3-10(7)6-12-11(4-8)5-9/h7-11H,2-6H2,1H3. The van der Waals surface area contributed by atoms with Gasteiger partial charge in [0.05, 0.1) is 0 Å². The fourth-order valence-electron chi connectivity index (χ4n) is 3.77. The van der Waals surface area contributed by atoms with Crippen molar-refractivity contribution >= 4 is 0 Å². The van der Waals surface area contributed by atoms with E-state index in [9.17, 15) is 0 Å². The Morgan fingerprint density at radius 2 is 1.83 bits per heavy atom. The zero-order chi connectivity index (χ0) is 8.13. The van der Waals surface area contributed by atoms with E-state index in [1.807, 2.05) is 0 Å². The summed E-state index contributed by atoms with van der Waals surface area (Å²) in [7, 11) is 0. The Bertz CT molecular complexity index is 181. The van der Waals surface area contributed by atoms with Crippen molar-refractivity contribution < 1.29 is 0 Å². The molecule has 12 heavy (non-hydrogen) atoms. The van der Waals surface area contributed by atoms with Gasteiger partial charge in [-0.3, -0.25) is 0 Å². The summed E-state index contributed by atoms with van der Waals surface area (Å²) in [6.07, 6.45) is 5.88. The molecule has 5 unspecified atom stereocenters. The van der Waals surface area contributed by atoms with Gasteiger partial charge in [0, 0.05) is 12.6 Å². The maximum absolute atomic E-state index is 4.82. The topological polar surface area (TPSA) is 14.1 Å². The van der Waals surface area contributed by atoms with Crippen LogP contribution < -0.4 is 5.32 Å². The zero-order valence-corrected chi connectivity index (χ0v) is 7.87. The molecule has 2 aliphatic heterocycles. The summed E-state index contributed by atoms with van der Waals surface area (Å²) < 4.78 is 0. The van der Waals surface area contributed by atoms with Gasteiger partial charge in [0.15, 0.2) is 0 Å². The largest absolute Gasteiger partial charge is 0.238 e. The van der Waals surface area contributed by atoms with E-state index in [1.54, 1.807) is 0 Å². The van der Waals surface area contributed by atoms with E-state index in [4.69, 9.17) is 5.32 Å². The summed E-state index contributed by atoms with van der Waals surface area (Å²) in [5.41, 5.74) is 0. The van der Waals surface area contributed by atoms with Crippen LogP contribution in [0.3, 0.4) is 0 Å². The Morgan fingerprint density at radius 3 is 2.75 bits per heavy atom. The molecule has 0 amide bonds. The lowest BCUT2D eigenvalue weighted by atomic mass is 9.63. The molecule has 1 heteroatoms. The van der Waals surface area contributed by atoms with Gasteiger partial charge in [-0.15, -0.1) is 0 Å². The highest BCUT2D eigenvalue weighted by Crippen LogP contribution is 2.48. The molecule has 1 nitrogen and oxygen atoms in total. The molecular weight excluding hydrogens is 146 g/mol. The Hall–Kier alpha value is -0.0400. The molecule has 4 fully saturated rings. The van der Waals surface area contributed by atoms with Crippen molar-refractivity contribution in [3.8, 4) is 0 Å². The van der Waals surface area contributed by atoms with Crippen LogP contribution in [0.4, 0.5) is 0 Å². The molecule has 4 bridgehead atoms. The molecule has 4 aliphatic rings. The second-order valence-electron chi connectivity index (χ2n) is 5.21. The number of hydrogen-bond acceptors (Lipinski definition) is 0. The summed E-state index contributed by atoms with van der Waals surface area (Å²) in [4.78, 5) is 0. The third kappa shape index (κ3) is 0.953. The molecular formula is C11H18N. The predicted molar refractivity (Wildman–Crippen MR) is 48.9 cm³/mol. The average molecular weight is 164 g/mol. The fourth-order valence-corrected chi connectivity index (χ4v) is 3.77. The first kappa shape index (κ1) is 7.37. The number of fused-ring (bicyclic) bond motifs is 1. The lowest BCUT2D eigenvalue weighted by molar-refractivity contribution is 0.0944. The van der Waals surface area contributed by atoms with Crippen LogP contribution in [-0.2, 0) is 0 Å². The smallest absolute Gasteiger partial charge is 0.0251 e. The third-order valence-electron chi connectivity index (χ3n) is 4.54. The summed E-state index contributed by atoms with van der Waals surface area (Å²) in [6.45, 7) is 3.66. The summed E-state index contributed by atoms with van der Waals surface area (Å²) in [5.74, 6) is 4.04. The number of hydrogen-bond donors (Lipinski definition) is 0. The summed E-state index contributed by atoms with van der Waals surface area (Å²) >= 11 is 0. The van der Waals surface area contributed by atoms with Crippen LogP contribution in [-0.4, -0.2) is 12.6 Å². The van der Waals surface area contributed by atoms with Crippen LogP contribution in [0.5, 0.6) is 0 Å². The van der Waals surface area contributed by atoms with Gasteiger partial charge in [0.1, 0.15) is 0 Å². The SMILES string of the molecule is CC1C2C[N]C3CC(C2)CC1C3. The van der Waals surface area contributed by atoms with Crippen LogP contribution in [0.1, 0.15) is 32.6 Å². The van der Waals surface area contributed by atoms with Crippen molar-refractivity contribution in [1.29, 1.82) is 0 Å². The first-order chi connectivity index (χ1) is 5.83. The molecule has 0 aromatic heterocycles. The predicted octanol–water partition coefficient (Wildman–Crippen LogP) is 2.05. The van der Waals surface area contributed by atoms with E-state index in [0.29, 0.717) is 0 Å². The van der Waals surface area contributed by atoms with Crippen molar-refractivity contribution in [2.75, 3.05) is 6.54 Å². The minimum atomic E-state index is 0.767. The second-order valence-corrected chi connectivity index (χ2v) is 5.21. The Morgan fingerprint density at radius 1 is 1.00 bits per heavy atom. The van der Waals surface area contributed by atoms with Gasteiger partial charge in [0.2, 0.25) is 0 Å². The van der Waals surface area contributed by atoms with Crippen LogP contribution in [0.15, 0.2) is 0 Å². The van der Waals surface area contributed by atoms with Crippen molar-refractivity contribution in [3.63, 3.8) is 0 Å². The first-order valence-corrected chi connectivity index (χ1v) is 5.49. The van der Waals surface area contributed by atoms with Gasteiger partial charge in [-0.2, -0.15) is 0 Å². The molecule has 67 valence electrons. The van der Waals surface area contributed by atoms with Gasteiger partial charge in [-0.25, -0.2) is 5.32 Å². The molecule has 1 radical (unpaired) electrons. The van der Waals surface area contributed by atoms with Crippen LogP contribution in [0.25, 0.3) is 0 Å². The molecule has 2 heterocycles. The Balaban J connectivity index is 1.92. The normalized spacial score (nSPS) is 57.2. The van der Waals surface area contributed by atoms with E-state index < -0.39 is 0 Å². The second kappa shape index (κ2) is 2.47.